The smallest absolute Gasteiger partial charge is 0.244 e. The van der Waals surface area contributed by atoms with Crippen LogP contribution in [0.5, 0.6) is 5.75 Å². The molecule has 24 heavy (non-hydrogen) atoms. The molecule has 6 heteroatoms. The highest BCUT2D eigenvalue weighted by Crippen LogP contribution is 2.27. The van der Waals surface area contributed by atoms with Crippen molar-refractivity contribution in [2.75, 3.05) is 13.7 Å². The van der Waals surface area contributed by atoms with Crippen LogP contribution < -0.4 is 9.46 Å². The maximum atomic E-state index is 12.7. The Kier molecular flexibility index (Phi) is 5.99. The molecule has 0 saturated heterocycles. The van der Waals surface area contributed by atoms with Crippen LogP contribution in [-0.2, 0) is 16.4 Å². The molecule has 5 nitrogen and oxygen atoms in total. The fourth-order valence-electron chi connectivity index (χ4n) is 2.46. The summed E-state index contributed by atoms with van der Waals surface area (Å²) in [6.45, 7) is 3.45. The largest absolute Gasteiger partial charge is 0.495 e. The van der Waals surface area contributed by atoms with Crippen molar-refractivity contribution in [3.63, 3.8) is 0 Å². The summed E-state index contributed by atoms with van der Waals surface area (Å²) >= 11 is 0. The maximum Gasteiger partial charge on any atom is 0.244 e. The molecule has 0 aliphatic rings. The molecule has 0 aliphatic heterocycles. The minimum absolute atomic E-state index is 0.0830. The molecule has 1 unspecified atom stereocenters. The van der Waals surface area contributed by atoms with Crippen LogP contribution in [0.1, 0.15) is 16.7 Å². The van der Waals surface area contributed by atoms with Gasteiger partial charge in [0.1, 0.15) is 10.6 Å². The number of ether oxygens (including phenoxy) is 1. The second kappa shape index (κ2) is 7.79. The van der Waals surface area contributed by atoms with E-state index in [-0.39, 0.29) is 11.5 Å². The Morgan fingerprint density at radius 2 is 1.75 bits per heavy atom. The van der Waals surface area contributed by atoms with E-state index in [1.54, 1.807) is 12.1 Å². The summed E-state index contributed by atoms with van der Waals surface area (Å²) in [6.07, 6.45) is 0.406. The van der Waals surface area contributed by atoms with Gasteiger partial charge in [-0.15, -0.1) is 0 Å². The van der Waals surface area contributed by atoms with E-state index in [0.29, 0.717) is 12.2 Å². The first kappa shape index (κ1) is 18.4. The predicted molar refractivity (Wildman–Crippen MR) is 93.8 cm³/mol. The summed E-state index contributed by atoms with van der Waals surface area (Å²) in [5.41, 5.74) is 2.76. The number of rotatable bonds is 7. The first-order valence-corrected chi connectivity index (χ1v) is 9.18. The van der Waals surface area contributed by atoms with Crippen LogP contribution in [-0.4, -0.2) is 33.3 Å². The van der Waals surface area contributed by atoms with Gasteiger partial charge >= 0.3 is 0 Å². The van der Waals surface area contributed by atoms with Crippen LogP contribution in [0.15, 0.2) is 47.4 Å². The molecule has 130 valence electrons. The molecule has 0 radical (unpaired) electrons. The van der Waals surface area contributed by atoms with Crippen molar-refractivity contribution in [3.8, 4) is 5.75 Å². The van der Waals surface area contributed by atoms with Crippen molar-refractivity contribution < 1.29 is 18.3 Å². The third-order valence-corrected chi connectivity index (χ3v) is 5.48. The Labute approximate surface area is 143 Å². The topological polar surface area (TPSA) is 75.6 Å². The van der Waals surface area contributed by atoms with Crippen molar-refractivity contribution in [1.82, 2.24) is 4.72 Å². The van der Waals surface area contributed by atoms with Crippen LogP contribution >= 0.6 is 0 Å². The van der Waals surface area contributed by atoms with E-state index in [4.69, 9.17) is 4.74 Å². The van der Waals surface area contributed by atoms with E-state index in [0.717, 1.165) is 16.7 Å². The number of methoxy groups -OCH3 is 1. The van der Waals surface area contributed by atoms with Crippen LogP contribution in [0.4, 0.5) is 0 Å². The number of hydrogen-bond acceptors (Lipinski definition) is 4. The average molecular weight is 349 g/mol. The summed E-state index contributed by atoms with van der Waals surface area (Å²) in [5, 5.41) is 9.56. The van der Waals surface area contributed by atoms with Crippen LogP contribution in [0.3, 0.4) is 0 Å². The van der Waals surface area contributed by atoms with Gasteiger partial charge in [-0.3, -0.25) is 0 Å². The van der Waals surface area contributed by atoms with E-state index in [1.807, 2.05) is 44.2 Å². The van der Waals surface area contributed by atoms with Gasteiger partial charge in [0.15, 0.2) is 0 Å². The summed E-state index contributed by atoms with van der Waals surface area (Å²) in [6, 6.07) is 12.1. The van der Waals surface area contributed by atoms with Gasteiger partial charge in [-0.2, -0.15) is 0 Å². The molecule has 0 bridgehead atoms. The Morgan fingerprint density at radius 1 is 1.12 bits per heavy atom. The molecule has 0 aromatic heterocycles. The molecule has 0 saturated carbocycles. The third kappa shape index (κ3) is 4.35. The summed E-state index contributed by atoms with van der Waals surface area (Å²) in [5.74, 6) is 0.294. The molecule has 0 aliphatic carbocycles. The zero-order chi connectivity index (χ0) is 17.7. The lowest BCUT2D eigenvalue weighted by Crippen LogP contribution is -2.39. The van der Waals surface area contributed by atoms with Gasteiger partial charge in [0.05, 0.1) is 13.7 Å². The number of aryl methyl sites for hydroxylation is 2. The molecule has 2 rings (SSSR count). The first-order chi connectivity index (χ1) is 11.4. The summed E-state index contributed by atoms with van der Waals surface area (Å²) < 4.78 is 33.3. The van der Waals surface area contributed by atoms with Crippen LogP contribution in [0.2, 0.25) is 0 Å². The Balaban J connectivity index is 2.28. The normalized spacial score (nSPS) is 12.8. The molecular weight excluding hydrogens is 326 g/mol. The zero-order valence-electron chi connectivity index (χ0n) is 14.1. The van der Waals surface area contributed by atoms with Crippen molar-refractivity contribution >= 4 is 10.0 Å². The first-order valence-electron chi connectivity index (χ1n) is 7.69. The van der Waals surface area contributed by atoms with Crippen molar-refractivity contribution in [3.05, 3.63) is 59.2 Å². The highest BCUT2D eigenvalue weighted by molar-refractivity contribution is 7.89. The van der Waals surface area contributed by atoms with Crippen molar-refractivity contribution in [1.29, 1.82) is 0 Å². The standard InChI is InChI=1S/C18H23NO4S/c1-13-9-17(23-3)18(10-14(13)2)24(21,22)19-16(12-20)11-15-7-5-4-6-8-15/h4-10,16,19-20H,11-12H2,1-3H3. The van der Waals surface area contributed by atoms with E-state index in [1.165, 1.54) is 7.11 Å². The third-order valence-electron chi connectivity index (χ3n) is 3.94. The predicted octanol–water partition coefficient (Wildman–Crippen LogP) is 2.19. The molecule has 1 atom stereocenters. The van der Waals surface area contributed by atoms with Crippen LogP contribution in [0, 0.1) is 13.8 Å². The molecule has 2 N–H and O–H groups in total. The van der Waals surface area contributed by atoms with Gasteiger partial charge in [-0.05, 0) is 49.1 Å². The minimum Gasteiger partial charge on any atom is -0.495 e. The highest BCUT2D eigenvalue weighted by atomic mass is 32.2. The van der Waals surface area contributed by atoms with Gasteiger partial charge in [-0.25, -0.2) is 13.1 Å². The highest BCUT2D eigenvalue weighted by Gasteiger charge is 2.24. The lowest BCUT2D eigenvalue weighted by Gasteiger charge is -2.18. The van der Waals surface area contributed by atoms with E-state index in [9.17, 15) is 13.5 Å². The Hall–Kier alpha value is -1.89. The van der Waals surface area contributed by atoms with Gasteiger partial charge in [0, 0.05) is 6.04 Å². The lowest BCUT2D eigenvalue weighted by atomic mass is 10.1. The van der Waals surface area contributed by atoms with Gasteiger partial charge in [0.2, 0.25) is 10.0 Å². The van der Waals surface area contributed by atoms with Gasteiger partial charge < -0.3 is 9.84 Å². The molecule has 0 spiro atoms. The molecular formula is C18H23NO4S. The van der Waals surface area contributed by atoms with E-state index < -0.39 is 16.1 Å². The second-order valence-electron chi connectivity index (χ2n) is 5.78. The number of aliphatic hydroxyl groups excluding tert-OH is 1. The number of hydrogen-bond donors (Lipinski definition) is 2. The lowest BCUT2D eigenvalue weighted by molar-refractivity contribution is 0.256. The maximum absolute atomic E-state index is 12.7. The average Bonchev–Trinajstić information content (AvgIpc) is 2.56. The minimum atomic E-state index is -3.81. The molecule has 0 heterocycles. The number of nitrogens with one attached hydrogen (secondary N) is 1. The van der Waals surface area contributed by atoms with E-state index >= 15 is 0 Å². The molecule has 2 aromatic carbocycles. The number of aliphatic hydroxyl groups is 1. The molecule has 2 aromatic rings. The summed E-state index contributed by atoms with van der Waals surface area (Å²) in [4.78, 5) is 0.0830. The van der Waals surface area contributed by atoms with Crippen molar-refractivity contribution in [2.45, 2.75) is 31.2 Å². The second-order valence-corrected chi connectivity index (χ2v) is 7.46. The van der Waals surface area contributed by atoms with Gasteiger partial charge in [0.25, 0.3) is 0 Å². The van der Waals surface area contributed by atoms with Gasteiger partial charge in [-0.1, -0.05) is 30.3 Å². The molecule has 0 amide bonds. The zero-order valence-corrected chi connectivity index (χ0v) is 14.9. The Morgan fingerprint density at radius 3 is 2.33 bits per heavy atom. The Bertz CT molecular complexity index is 788. The fourth-order valence-corrected chi connectivity index (χ4v) is 3.92. The quantitative estimate of drug-likeness (QED) is 0.803. The van der Waals surface area contributed by atoms with Crippen molar-refractivity contribution in [2.24, 2.45) is 0 Å². The molecule has 0 fully saturated rings. The number of sulfonamides is 1. The fraction of sp³-hybridized carbons (Fsp3) is 0.333. The van der Waals surface area contributed by atoms with E-state index in [2.05, 4.69) is 4.72 Å². The summed E-state index contributed by atoms with van der Waals surface area (Å²) in [7, 11) is -2.37. The monoisotopic (exact) mass is 349 g/mol. The van der Waals surface area contributed by atoms with Crippen LogP contribution in [0.25, 0.3) is 0 Å². The SMILES string of the molecule is COc1cc(C)c(C)cc1S(=O)(=O)NC(CO)Cc1ccccc1. The number of benzene rings is 2.